The molecule has 0 heterocycles. The lowest BCUT2D eigenvalue weighted by Gasteiger charge is -2.31. The maximum atomic E-state index is 14.8. The van der Waals surface area contributed by atoms with Gasteiger partial charge in [-0.1, -0.05) is 90.5 Å². The van der Waals surface area contributed by atoms with Gasteiger partial charge in [-0.25, -0.2) is 0 Å². The molecule has 2 nitrogen and oxygen atoms in total. The Morgan fingerprint density at radius 2 is 1.39 bits per heavy atom. The number of rotatable bonds is 6. The molecule has 0 spiro atoms. The number of hydrogen-bond acceptors (Lipinski definition) is 2. The van der Waals surface area contributed by atoms with Gasteiger partial charge in [0.05, 0.1) is 0 Å². The fraction of sp³-hybridized carbons (Fsp3) is 0.0833. The van der Waals surface area contributed by atoms with E-state index in [0.29, 0.717) is 5.02 Å². The predicted molar refractivity (Wildman–Crippen MR) is 120 cm³/mol. The average Bonchev–Trinajstić information content (AvgIpc) is 3.28. The Kier molecular flexibility index (Phi) is 5.52. The van der Waals surface area contributed by atoms with Crippen molar-refractivity contribution in [1.82, 2.24) is 0 Å². The molecule has 1 N–H and O–H groups in total. The molecule has 0 radical (unpaired) electrons. The van der Waals surface area contributed by atoms with Gasteiger partial charge in [0.25, 0.3) is 0 Å². The Morgan fingerprint density at radius 3 is 1.89 bits per heavy atom. The summed E-state index contributed by atoms with van der Waals surface area (Å²) in [4.78, 5) is 0. The molecule has 1 aliphatic carbocycles. The predicted octanol–water partition coefficient (Wildman–Crippen LogP) is 5.98. The minimum absolute atomic E-state index is 0.339. The lowest BCUT2D eigenvalue weighted by Crippen LogP contribution is -2.32. The van der Waals surface area contributed by atoms with Crippen molar-refractivity contribution in [1.29, 1.82) is 0 Å². The first-order chi connectivity index (χ1) is 13.7. The van der Waals surface area contributed by atoms with Crippen LogP contribution in [-0.2, 0) is 4.57 Å². The Labute approximate surface area is 170 Å². The molecule has 0 aliphatic heterocycles. The maximum absolute atomic E-state index is 14.8. The molecular formula is C24H21ClNOP. The summed E-state index contributed by atoms with van der Waals surface area (Å²) in [5.74, 6) is -0.339. The van der Waals surface area contributed by atoms with Gasteiger partial charge in [0.15, 0.2) is 7.14 Å². The zero-order valence-corrected chi connectivity index (χ0v) is 17.0. The molecule has 3 aromatic rings. The molecule has 3 aromatic carbocycles. The van der Waals surface area contributed by atoms with E-state index in [1.54, 1.807) is 0 Å². The van der Waals surface area contributed by atoms with Crippen LogP contribution in [0.4, 0.5) is 5.69 Å². The van der Waals surface area contributed by atoms with Gasteiger partial charge in [0, 0.05) is 21.3 Å². The van der Waals surface area contributed by atoms with Crippen LogP contribution >= 0.6 is 18.7 Å². The van der Waals surface area contributed by atoms with E-state index in [1.165, 1.54) is 0 Å². The van der Waals surface area contributed by atoms with Crippen molar-refractivity contribution in [2.75, 3.05) is 5.32 Å². The van der Waals surface area contributed by atoms with E-state index in [2.05, 4.69) is 17.5 Å². The standard InChI is InChI=1S/C24H21ClNOP/c25-20-15-17-21(18-16-20)26-24(19-9-7-8-10-19)28(27,22-11-3-1-4-12-22)23-13-5-2-6-14-23/h1-9,11-18,24,26H,10H2. The van der Waals surface area contributed by atoms with Crippen molar-refractivity contribution in [3.05, 3.63) is 114 Å². The van der Waals surface area contributed by atoms with Crippen LogP contribution in [0.25, 0.3) is 0 Å². The monoisotopic (exact) mass is 405 g/mol. The molecule has 140 valence electrons. The highest BCUT2D eigenvalue weighted by atomic mass is 35.5. The highest BCUT2D eigenvalue weighted by Gasteiger charge is 2.39. The third kappa shape index (κ3) is 3.71. The van der Waals surface area contributed by atoms with E-state index >= 15 is 0 Å². The maximum Gasteiger partial charge on any atom is 0.168 e. The number of hydrogen-bond donors (Lipinski definition) is 1. The summed E-state index contributed by atoms with van der Waals surface area (Å²) in [5, 5.41) is 5.93. The SMILES string of the molecule is O=P(c1ccccc1)(c1ccccc1)C(Nc1ccc(Cl)cc1)C1=CC=CC1. The first kappa shape index (κ1) is 18.8. The van der Waals surface area contributed by atoms with Crippen LogP contribution in [0.3, 0.4) is 0 Å². The summed E-state index contributed by atoms with van der Waals surface area (Å²) in [6.07, 6.45) is 7.00. The fourth-order valence-corrected chi connectivity index (χ4v) is 6.77. The second-order valence-electron chi connectivity index (χ2n) is 6.76. The highest BCUT2D eigenvalue weighted by molar-refractivity contribution is 7.79. The Bertz CT molecular complexity index is 999. The molecule has 0 fully saturated rings. The molecular weight excluding hydrogens is 385 g/mol. The van der Waals surface area contributed by atoms with Gasteiger partial charge in [-0.2, -0.15) is 0 Å². The third-order valence-electron chi connectivity index (χ3n) is 4.94. The van der Waals surface area contributed by atoms with E-state index in [1.807, 2.05) is 91.0 Å². The summed E-state index contributed by atoms with van der Waals surface area (Å²) < 4.78 is 14.8. The number of anilines is 1. The van der Waals surface area contributed by atoms with Gasteiger partial charge >= 0.3 is 0 Å². The second kappa shape index (κ2) is 8.22. The van der Waals surface area contributed by atoms with Crippen LogP contribution in [0.2, 0.25) is 5.02 Å². The summed E-state index contributed by atoms with van der Waals surface area (Å²) in [6.45, 7) is 0. The molecule has 0 saturated carbocycles. The highest BCUT2D eigenvalue weighted by Crippen LogP contribution is 2.52. The van der Waals surface area contributed by atoms with Gasteiger partial charge in [-0.15, -0.1) is 0 Å². The molecule has 0 bridgehead atoms. The van der Waals surface area contributed by atoms with E-state index in [4.69, 9.17) is 11.6 Å². The number of nitrogens with one attached hydrogen (secondary N) is 1. The van der Waals surface area contributed by atoms with Crippen LogP contribution < -0.4 is 15.9 Å². The molecule has 28 heavy (non-hydrogen) atoms. The van der Waals surface area contributed by atoms with Gasteiger partial charge in [-0.05, 0) is 36.3 Å². The van der Waals surface area contributed by atoms with Crippen molar-refractivity contribution in [3.8, 4) is 0 Å². The van der Waals surface area contributed by atoms with Gasteiger partial charge in [0.2, 0.25) is 0 Å². The van der Waals surface area contributed by atoms with Crippen LogP contribution in [0.5, 0.6) is 0 Å². The molecule has 1 aliphatic rings. The quantitative estimate of drug-likeness (QED) is 0.511. The van der Waals surface area contributed by atoms with Crippen molar-refractivity contribution in [3.63, 3.8) is 0 Å². The normalized spacial score (nSPS) is 14.5. The molecule has 0 aromatic heterocycles. The zero-order chi connectivity index (χ0) is 19.4. The van der Waals surface area contributed by atoms with Gasteiger partial charge in [0.1, 0.15) is 5.78 Å². The number of allylic oxidation sites excluding steroid dienone is 3. The lowest BCUT2D eigenvalue weighted by atomic mass is 10.2. The number of benzene rings is 3. The molecule has 0 saturated heterocycles. The molecule has 0 amide bonds. The first-order valence-electron chi connectivity index (χ1n) is 9.26. The molecule has 1 unspecified atom stereocenters. The third-order valence-corrected chi connectivity index (χ3v) is 8.51. The van der Waals surface area contributed by atoms with Crippen molar-refractivity contribution >= 4 is 35.0 Å². The van der Waals surface area contributed by atoms with Crippen molar-refractivity contribution < 1.29 is 4.57 Å². The van der Waals surface area contributed by atoms with Crippen LogP contribution in [0.15, 0.2) is 109 Å². The van der Waals surface area contributed by atoms with E-state index in [9.17, 15) is 4.57 Å². The second-order valence-corrected chi connectivity index (χ2v) is 10.1. The largest absolute Gasteiger partial charge is 0.371 e. The van der Waals surface area contributed by atoms with Crippen molar-refractivity contribution in [2.24, 2.45) is 0 Å². The lowest BCUT2D eigenvalue weighted by molar-refractivity contribution is 0.583. The Morgan fingerprint density at radius 1 is 0.821 bits per heavy atom. The van der Waals surface area contributed by atoms with E-state index in [-0.39, 0.29) is 5.78 Å². The number of halogens is 1. The summed E-state index contributed by atoms with van der Waals surface area (Å²) in [6, 6.07) is 27.1. The van der Waals surface area contributed by atoms with Crippen LogP contribution in [0, 0.1) is 0 Å². The average molecular weight is 406 g/mol. The summed E-state index contributed by atoms with van der Waals surface area (Å²) in [5.41, 5.74) is 2.01. The zero-order valence-electron chi connectivity index (χ0n) is 15.3. The minimum atomic E-state index is -3.01. The fourth-order valence-electron chi connectivity index (χ4n) is 3.53. The van der Waals surface area contributed by atoms with Crippen LogP contribution in [0.1, 0.15) is 6.42 Å². The van der Waals surface area contributed by atoms with Crippen LogP contribution in [-0.4, -0.2) is 5.78 Å². The summed E-state index contributed by atoms with van der Waals surface area (Å²) in [7, 11) is -3.01. The molecule has 1 atom stereocenters. The Hall–Kier alpha value is -2.54. The van der Waals surface area contributed by atoms with Gasteiger partial charge < -0.3 is 9.88 Å². The smallest absolute Gasteiger partial charge is 0.168 e. The minimum Gasteiger partial charge on any atom is -0.371 e. The van der Waals surface area contributed by atoms with Gasteiger partial charge in [-0.3, -0.25) is 0 Å². The first-order valence-corrected chi connectivity index (χ1v) is 11.4. The van der Waals surface area contributed by atoms with E-state index in [0.717, 1.165) is 28.3 Å². The molecule has 4 heteroatoms. The Balaban J connectivity index is 1.86. The summed E-state index contributed by atoms with van der Waals surface area (Å²) >= 11 is 6.05. The topological polar surface area (TPSA) is 29.1 Å². The molecule has 4 rings (SSSR count). The van der Waals surface area contributed by atoms with E-state index < -0.39 is 7.14 Å². The van der Waals surface area contributed by atoms with Crippen molar-refractivity contribution in [2.45, 2.75) is 12.2 Å².